The number of rotatable bonds is 2. The van der Waals surface area contributed by atoms with Crippen molar-refractivity contribution >= 4 is 11.8 Å². The van der Waals surface area contributed by atoms with Crippen molar-refractivity contribution in [3.05, 3.63) is 34.4 Å². The monoisotopic (exact) mass is 332 g/mol. The molecule has 1 fully saturated rings. The van der Waals surface area contributed by atoms with E-state index in [1.165, 1.54) is 0 Å². The van der Waals surface area contributed by atoms with E-state index in [2.05, 4.69) is 6.92 Å². The largest absolute Gasteiger partial charge is 0.459 e. The molecule has 4 atom stereocenters. The van der Waals surface area contributed by atoms with Gasteiger partial charge in [-0.15, -0.1) is 0 Å². The van der Waals surface area contributed by atoms with Crippen LogP contribution >= 0.6 is 0 Å². The van der Waals surface area contributed by atoms with Crippen LogP contribution in [-0.4, -0.2) is 29.1 Å². The molecule has 0 aromatic rings. The van der Waals surface area contributed by atoms with Gasteiger partial charge in [0.2, 0.25) is 0 Å². The Hall–Kier alpha value is -1.68. The maximum absolute atomic E-state index is 12.3. The van der Waals surface area contributed by atoms with Gasteiger partial charge in [0.05, 0.1) is 6.10 Å². The molecule has 0 heterocycles. The maximum Gasteiger partial charge on any atom is 0.333 e. The molecule has 2 rings (SSSR count). The SMILES string of the molecule is C/C=C(/C)C(=O)O[C@H]1C[C@@H](O)C2=CC(=O)C(=C(C)C)C[C@]2(C)[C@H]1C. The summed E-state index contributed by atoms with van der Waals surface area (Å²) in [6.45, 7) is 11.5. The van der Waals surface area contributed by atoms with Crippen molar-refractivity contribution in [2.75, 3.05) is 0 Å². The number of esters is 1. The van der Waals surface area contributed by atoms with Crippen LogP contribution in [0.3, 0.4) is 0 Å². The lowest BCUT2D eigenvalue weighted by Gasteiger charge is -2.50. The standard InChI is InChI=1S/C20H28O4/c1-7-12(4)19(23)24-18-9-17(22)15-8-16(21)14(11(2)3)10-20(15,6)13(18)5/h7-8,13,17-18,22H,9-10H2,1-6H3/b12-7-/t13-,17+,18-,20+/m0/s1. The van der Waals surface area contributed by atoms with Crippen LogP contribution in [-0.2, 0) is 14.3 Å². The molecule has 0 bridgehead atoms. The molecule has 0 aromatic heterocycles. The summed E-state index contributed by atoms with van der Waals surface area (Å²) >= 11 is 0. The molecule has 0 amide bonds. The molecule has 0 radical (unpaired) electrons. The van der Waals surface area contributed by atoms with E-state index in [1.807, 2.05) is 20.8 Å². The summed E-state index contributed by atoms with van der Waals surface area (Å²) in [5.74, 6) is -0.330. The molecule has 0 unspecified atom stereocenters. The maximum atomic E-state index is 12.3. The number of ether oxygens (including phenoxy) is 1. The van der Waals surface area contributed by atoms with E-state index in [-0.39, 0.29) is 29.2 Å². The first-order valence-corrected chi connectivity index (χ1v) is 8.56. The van der Waals surface area contributed by atoms with Crippen LogP contribution < -0.4 is 0 Å². The Morgan fingerprint density at radius 3 is 2.54 bits per heavy atom. The number of allylic oxidation sites excluding steroid dienone is 4. The molecule has 4 nitrogen and oxygen atoms in total. The van der Waals surface area contributed by atoms with Crippen molar-refractivity contribution in [2.24, 2.45) is 11.3 Å². The van der Waals surface area contributed by atoms with Crippen molar-refractivity contribution in [3.63, 3.8) is 0 Å². The fraction of sp³-hybridized carbons (Fsp3) is 0.600. The summed E-state index contributed by atoms with van der Waals surface area (Å²) in [5, 5.41) is 10.6. The molecule has 1 saturated carbocycles. The fourth-order valence-electron chi connectivity index (χ4n) is 3.73. The van der Waals surface area contributed by atoms with Crippen molar-refractivity contribution in [1.82, 2.24) is 0 Å². The van der Waals surface area contributed by atoms with Crippen molar-refractivity contribution in [2.45, 2.75) is 66.6 Å². The third-order valence-corrected chi connectivity index (χ3v) is 5.78. The number of hydrogen-bond acceptors (Lipinski definition) is 4. The van der Waals surface area contributed by atoms with Gasteiger partial charge in [-0.25, -0.2) is 4.79 Å². The molecular formula is C20H28O4. The Balaban J connectivity index is 2.37. The highest BCUT2D eigenvalue weighted by atomic mass is 16.5. The molecule has 4 heteroatoms. The van der Waals surface area contributed by atoms with Crippen LogP contribution in [0.2, 0.25) is 0 Å². The minimum Gasteiger partial charge on any atom is -0.459 e. The summed E-state index contributed by atoms with van der Waals surface area (Å²) in [7, 11) is 0. The summed E-state index contributed by atoms with van der Waals surface area (Å²) in [6, 6.07) is 0. The van der Waals surface area contributed by atoms with Gasteiger partial charge in [0.15, 0.2) is 5.78 Å². The molecule has 2 aliphatic rings. The predicted molar refractivity (Wildman–Crippen MR) is 93.3 cm³/mol. The Bertz CT molecular complexity index is 649. The minimum atomic E-state index is -0.752. The van der Waals surface area contributed by atoms with Gasteiger partial charge in [-0.05, 0) is 51.3 Å². The number of ketones is 1. The lowest BCUT2D eigenvalue weighted by Crippen LogP contribution is -2.50. The van der Waals surface area contributed by atoms with Crippen molar-refractivity contribution in [1.29, 1.82) is 0 Å². The van der Waals surface area contributed by atoms with Crippen LogP contribution in [0.4, 0.5) is 0 Å². The van der Waals surface area contributed by atoms with Gasteiger partial charge in [0.25, 0.3) is 0 Å². The second-order valence-electron chi connectivity index (χ2n) is 7.49. The first kappa shape index (κ1) is 18.7. The van der Waals surface area contributed by atoms with Gasteiger partial charge < -0.3 is 9.84 Å². The van der Waals surface area contributed by atoms with E-state index in [1.54, 1.807) is 26.0 Å². The molecule has 2 aliphatic carbocycles. The summed E-state index contributed by atoms with van der Waals surface area (Å²) in [5.41, 5.74) is 2.76. The van der Waals surface area contributed by atoms with E-state index in [0.717, 1.165) is 16.7 Å². The van der Waals surface area contributed by atoms with E-state index in [4.69, 9.17) is 4.74 Å². The zero-order valence-corrected chi connectivity index (χ0v) is 15.5. The normalized spacial score (nSPS) is 33.7. The van der Waals surface area contributed by atoms with Crippen molar-refractivity contribution < 1.29 is 19.4 Å². The average Bonchev–Trinajstić information content (AvgIpc) is 2.52. The first-order chi connectivity index (χ1) is 11.1. The average molecular weight is 332 g/mol. The Morgan fingerprint density at radius 1 is 1.38 bits per heavy atom. The van der Waals surface area contributed by atoms with Gasteiger partial charge >= 0.3 is 5.97 Å². The van der Waals surface area contributed by atoms with Gasteiger partial charge in [0, 0.05) is 23.3 Å². The van der Waals surface area contributed by atoms with Gasteiger partial charge in [-0.2, -0.15) is 0 Å². The lowest BCUT2D eigenvalue weighted by molar-refractivity contribution is -0.153. The highest BCUT2D eigenvalue weighted by molar-refractivity contribution is 6.06. The summed E-state index contributed by atoms with van der Waals surface area (Å²) < 4.78 is 5.67. The van der Waals surface area contributed by atoms with E-state index < -0.39 is 6.10 Å². The highest BCUT2D eigenvalue weighted by Gasteiger charge is 2.50. The Labute approximate surface area is 144 Å². The molecule has 1 N–H and O–H groups in total. The van der Waals surface area contributed by atoms with Gasteiger partial charge in [-0.3, -0.25) is 4.79 Å². The zero-order chi connectivity index (χ0) is 18.2. The molecule has 0 aromatic carbocycles. The lowest BCUT2D eigenvalue weighted by atomic mass is 9.57. The van der Waals surface area contributed by atoms with Crippen LogP contribution in [0.15, 0.2) is 34.4 Å². The fourth-order valence-corrected chi connectivity index (χ4v) is 3.73. The number of fused-ring (bicyclic) bond motifs is 1. The second kappa shape index (κ2) is 6.67. The molecule has 0 aliphatic heterocycles. The topological polar surface area (TPSA) is 63.6 Å². The van der Waals surface area contributed by atoms with Crippen molar-refractivity contribution in [3.8, 4) is 0 Å². The van der Waals surface area contributed by atoms with Gasteiger partial charge in [-0.1, -0.05) is 25.5 Å². The van der Waals surface area contributed by atoms with Gasteiger partial charge in [0.1, 0.15) is 6.10 Å². The Kier molecular flexibility index (Phi) is 5.19. The van der Waals surface area contributed by atoms with E-state index >= 15 is 0 Å². The molecule has 0 spiro atoms. The van der Waals surface area contributed by atoms with E-state index in [0.29, 0.717) is 18.4 Å². The number of aliphatic hydroxyl groups is 1. The molecule has 0 saturated heterocycles. The van der Waals surface area contributed by atoms with Crippen LogP contribution in [0.1, 0.15) is 54.4 Å². The highest BCUT2D eigenvalue weighted by Crippen LogP contribution is 2.52. The number of carbonyl (C=O) groups is 2. The number of hydrogen-bond donors (Lipinski definition) is 1. The quantitative estimate of drug-likeness (QED) is 0.621. The minimum absolute atomic E-state index is 0.00562. The first-order valence-electron chi connectivity index (χ1n) is 8.56. The summed E-state index contributed by atoms with van der Waals surface area (Å²) in [6.07, 6.45) is 3.12. The molecule has 24 heavy (non-hydrogen) atoms. The number of carbonyl (C=O) groups excluding carboxylic acids is 2. The molecule has 132 valence electrons. The summed E-state index contributed by atoms with van der Waals surface area (Å²) in [4.78, 5) is 24.5. The second-order valence-corrected chi connectivity index (χ2v) is 7.49. The third-order valence-electron chi connectivity index (χ3n) is 5.78. The number of aliphatic hydroxyl groups excluding tert-OH is 1. The smallest absolute Gasteiger partial charge is 0.333 e. The molecular weight excluding hydrogens is 304 g/mol. The zero-order valence-electron chi connectivity index (χ0n) is 15.5. The van der Waals surface area contributed by atoms with Crippen LogP contribution in [0.5, 0.6) is 0 Å². The van der Waals surface area contributed by atoms with E-state index in [9.17, 15) is 14.7 Å². The van der Waals surface area contributed by atoms with Crippen LogP contribution in [0, 0.1) is 11.3 Å². The van der Waals surface area contributed by atoms with Crippen LogP contribution in [0.25, 0.3) is 0 Å². The predicted octanol–water partition coefficient (Wildman–Crippen LogP) is 3.51. The third kappa shape index (κ3) is 3.12. The Morgan fingerprint density at radius 2 is 2.00 bits per heavy atom.